The Labute approximate surface area is 172 Å². The van der Waals surface area contributed by atoms with Crippen LogP contribution in [-0.2, 0) is 0 Å². The monoisotopic (exact) mass is 419 g/mol. The molecule has 2 aromatic heterocycles. The molecule has 3 rings (SSSR count). The highest BCUT2D eigenvalue weighted by Gasteiger charge is 2.18. The lowest BCUT2D eigenvalue weighted by molar-refractivity contribution is 0.284. The Morgan fingerprint density at radius 3 is 2.83 bits per heavy atom. The van der Waals surface area contributed by atoms with Crippen LogP contribution in [0, 0.1) is 11.2 Å². The third-order valence-corrected chi connectivity index (χ3v) is 4.93. The minimum Gasteiger partial charge on any atom is -0.354 e. The van der Waals surface area contributed by atoms with Crippen LogP contribution in [-0.4, -0.2) is 57.1 Å². The van der Waals surface area contributed by atoms with Crippen molar-refractivity contribution in [1.82, 2.24) is 19.9 Å². The fraction of sp³-hybridized carbons (Fsp3) is 0.316. The number of likely N-dealkylation sites (N-methyl/N-ethyl adjacent to an activating group) is 1. The average molecular weight is 420 g/mol. The van der Waals surface area contributed by atoms with E-state index in [4.69, 9.17) is 17.0 Å². The maximum atomic E-state index is 13.4. The van der Waals surface area contributed by atoms with Crippen molar-refractivity contribution in [2.75, 3.05) is 30.5 Å². The van der Waals surface area contributed by atoms with E-state index in [0.717, 1.165) is 12.6 Å². The summed E-state index contributed by atoms with van der Waals surface area (Å²) in [6, 6.07) is 5.74. The van der Waals surface area contributed by atoms with Crippen molar-refractivity contribution in [2.45, 2.75) is 19.9 Å². The fourth-order valence-electron chi connectivity index (χ4n) is 2.66. The van der Waals surface area contributed by atoms with Gasteiger partial charge in [0.25, 0.3) is 0 Å². The normalized spacial score (nSPS) is 11.4. The van der Waals surface area contributed by atoms with E-state index in [2.05, 4.69) is 39.0 Å². The summed E-state index contributed by atoms with van der Waals surface area (Å²) < 4.78 is 13.4. The molecule has 0 fully saturated rings. The maximum absolute atomic E-state index is 13.4. The number of hydrogen-bond donors (Lipinski definition) is 4. The number of nitrogens with zero attached hydrogens (tertiary/aromatic N) is 4. The first kappa shape index (κ1) is 21.0. The molecule has 0 bridgehead atoms. The Morgan fingerprint density at radius 1 is 1.38 bits per heavy atom. The Kier molecular flexibility index (Phi) is 6.31. The van der Waals surface area contributed by atoms with Crippen LogP contribution in [0.5, 0.6) is 0 Å². The molecule has 3 aromatic rings. The number of hydrogen-bond acceptors (Lipinski definition) is 6. The van der Waals surface area contributed by atoms with Gasteiger partial charge >= 0.3 is 0 Å². The number of fused-ring (bicyclic) bond motifs is 1. The summed E-state index contributed by atoms with van der Waals surface area (Å²) in [6.07, 6.45) is 1.51. The van der Waals surface area contributed by atoms with Gasteiger partial charge < -0.3 is 15.2 Å². The summed E-state index contributed by atoms with van der Waals surface area (Å²) in [5.41, 5.74) is 1.47. The Hall–Kier alpha value is -2.75. The molecule has 0 saturated heterocycles. The molecule has 0 radical (unpaired) electrons. The van der Waals surface area contributed by atoms with Crippen LogP contribution in [0.1, 0.15) is 19.4 Å². The smallest absolute Gasteiger partial charge is 0.202 e. The van der Waals surface area contributed by atoms with Gasteiger partial charge in [0.2, 0.25) is 5.95 Å². The Balaban J connectivity index is 1.81. The van der Waals surface area contributed by atoms with Gasteiger partial charge in [-0.1, -0.05) is 11.6 Å². The molecular weight excluding hydrogens is 397 g/mol. The molecule has 154 valence electrons. The predicted octanol–water partition coefficient (Wildman–Crippen LogP) is 3.72. The van der Waals surface area contributed by atoms with E-state index < -0.39 is 5.82 Å². The third-order valence-electron chi connectivity index (χ3n) is 4.65. The predicted molar refractivity (Wildman–Crippen MR) is 113 cm³/mol. The highest BCUT2D eigenvalue weighted by Crippen LogP contribution is 2.24. The molecular formula is C19H23ClFN7O. The second kappa shape index (κ2) is 8.73. The Bertz CT molecular complexity index is 1020. The van der Waals surface area contributed by atoms with Crippen LogP contribution in [0.25, 0.3) is 11.2 Å². The highest BCUT2D eigenvalue weighted by molar-refractivity contribution is 6.31. The van der Waals surface area contributed by atoms with Crippen molar-refractivity contribution < 1.29 is 9.60 Å². The van der Waals surface area contributed by atoms with Crippen LogP contribution in [0.4, 0.5) is 16.0 Å². The van der Waals surface area contributed by atoms with Crippen molar-refractivity contribution in [3.8, 4) is 0 Å². The summed E-state index contributed by atoms with van der Waals surface area (Å²) in [5.74, 6) is -0.303. The number of H-pyrrole nitrogens is 1. The van der Waals surface area contributed by atoms with Gasteiger partial charge in [0, 0.05) is 30.9 Å². The van der Waals surface area contributed by atoms with Gasteiger partial charge in [-0.3, -0.25) is 10.6 Å². The second-order valence-corrected chi connectivity index (χ2v) is 7.31. The zero-order chi connectivity index (χ0) is 21.1. The molecule has 0 aliphatic rings. The van der Waals surface area contributed by atoms with E-state index in [1.54, 1.807) is 6.07 Å². The third kappa shape index (κ3) is 4.64. The molecule has 8 nitrogen and oxygen atoms in total. The fourth-order valence-corrected chi connectivity index (χ4v) is 2.84. The van der Waals surface area contributed by atoms with E-state index in [1.165, 1.54) is 18.3 Å². The molecule has 10 heteroatoms. The standard InChI is InChI=1S/C19H23ClFN7O/c1-11(2)27(3)9-8-24-19-25-16-13(6-7-23-18(16)26-19)17(22)28(29)12-4-5-15(21)14(20)10-12/h4-7,10-11,22,29H,8-9H2,1-3H3,(H2,23,24,25,26). The van der Waals surface area contributed by atoms with Crippen LogP contribution >= 0.6 is 11.6 Å². The molecule has 0 aliphatic carbocycles. The summed E-state index contributed by atoms with van der Waals surface area (Å²) >= 11 is 5.78. The molecule has 0 spiro atoms. The van der Waals surface area contributed by atoms with E-state index >= 15 is 0 Å². The molecule has 4 N–H and O–H groups in total. The van der Waals surface area contributed by atoms with Gasteiger partial charge in [-0.25, -0.2) is 14.4 Å². The number of aromatic amines is 1. The SMILES string of the molecule is CC(C)N(C)CCNc1nc2nccc(C(=N)N(O)c3ccc(F)c(Cl)c3)c2[nH]1. The number of anilines is 2. The lowest BCUT2D eigenvalue weighted by Gasteiger charge is -2.20. The van der Waals surface area contributed by atoms with Gasteiger partial charge in [-0.05, 0) is 45.2 Å². The summed E-state index contributed by atoms with van der Waals surface area (Å²) in [6.45, 7) is 5.76. The maximum Gasteiger partial charge on any atom is 0.202 e. The second-order valence-electron chi connectivity index (χ2n) is 6.90. The quantitative estimate of drug-likeness (QED) is 0.264. The van der Waals surface area contributed by atoms with Crippen LogP contribution < -0.4 is 10.4 Å². The molecule has 2 heterocycles. The van der Waals surface area contributed by atoms with Crippen molar-refractivity contribution in [3.05, 3.63) is 46.9 Å². The molecule has 1 aromatic carbocycles. The number of rotatable bonds is 7. The lowest BCUT2D eigenvalue weighted by Crippen LogP contribution is -2.31. The number of benzene rings is 1. The number of aromatic nitrogens is 3. The first-order valence-electron chi connectivity index (χ1n) is 9.09. The van der Waals surface area contributed by atoms with E-state index in [-0.39, 0.29) is 16.5 Å². The van der Waals surface area contributed by atoms with E-state index in [0.29, 0.717) is 40.3 Å². The van der Waals surface area contributed by atoms with Gasteiger partial charge in [0.15, 0.2) is 11.5 Å². The molecule has 0 amide bonds. The summed E-state index contributed by atoms with van der Waals surface area (Å²) in [4.78, 5) is 13.9. The largest absolute Gasteiger partial charge is 0.354 e. The zero-order valence-electron chi connectivity index (χ0n) is 16.4. The molecule has 0 aliphatic heterocycles. The number of halogens is 2. The lowest BCUT2D eigenvalue weighted by atomic mass is 10.2. The summed E-state index contributed by atoms with van der Waals surface area (Å²) in [5, 5.41) is 22.5. The topological polar surface area (TPSA) is 104 Å². The Morgan fingerprint density at radius 2 is 2.14 bits per heavy atom. The van der Waals surface area contributed by atoms with Crippen molar-refractivity contribution in [3.63, 3.8) is 0 Å². The first-order valence-corrected chi connectivity index (χ1v) is 9.47. The molecule has 29 heavy (non-hydrogen) atoms. The van der Waals surface area contributed by atoms with Gasteiger partial charge in [-0.2, -0.15) is 4.98 Å². The van der Waals surface area contributed by atoms with Gasteiger partial charge in [0.1, 0.15) is 5.82 Å². The van der Waals surface area contributed by atoms with Crippen molar-refractivity contribution in [2.24, 2.45) is 0 Å². The van der Waals surface area contributed by atoms with E-state index in [9.17, 15) is 9.60 Å². The summed E-state index contributed by atoms with van der Waals surface area (Å²) in [7, 11) is 2.05. The molecule has 0 atom stereocenters. The van der Waals surface area contributed by atoms with Crippen molar-refractivity contribution >= 4 is 40.2 Å². The minimum absolute atomic E-state index is 0.145. The van der Waals surface area contributed by atoms with Crippen LogP contribution in [0.2, 0.25) is 5.02 Å². The first-order chi connectivity index (χ1) is 13.8. The number of amidine groups is 1. The number of nitrogens with one attached hydrogen (secondary N) is 3. The van der Waals surface area contributed by atoms with Gasteiger partial charge in [0.05, 0.1) is 16.2 Å². The van der Waals surface area contributed by atoms with E-state index in [1.807, 2.05) is 7.05 Å². The van der Waals surface area contributed by atoms with Crippen LogP contribution in [0.15, 0.2) is 30.5 Å². The number of hydroxylamine groups is 1. The average Bonchev–Trinajstić information content (AvgIpc) is 3.11. The number of pyridine rings is 1. The van der Waals surface area contributed by atoms with Crippen molar-refractivity contribution in [1.29, 1.82) is 5.41 Å². The minimum atomic E-state index is -0.603. The van der Waals surface area contributed by atoms with Crippen LogP contribution in [0.3, 0.4) is 0 Å². The highest BCUT2D eigenvalue weighted by atomic mass is 35.5. The van der Waals surface area contributed by atoms with Gasteiger partial charge in [-0.15, -0.1) is 0 Å². The molecule has 0 unspecified atom stereocenters. The number of imidazole rings is 1. The zero-order valence-corrected chi connectivity index (χ0v) is 17.1. The molecule has 0 saturated carbocycles.